The lowest BCUT2D eigenvalue weighted by atomic mass is 9.89. The lowest BCUT2D eigenvalue weighted by Gasteiger charge is -2.30. The Labute approximate surface area is 105 Å². The molecule has 0 aliphatic carbocycles. The van der Waals surface area contributed by atoms with Crippen molar-refractivity contribution in [3.63, 3.8) is 0 Å². The van der Waals surface area contributed by atoms with Gasteiger partial charge in [0.05, 0.1) is 17.7 Å². The number of nitrogens with one attached hydrogen (secondary N) is 1. The van der Waals surface area contributed by atoms with Crippen molar-refractivity contribution in [3.8, 4) is 0 Å². The smallest absolute Gasteiger partial charge is 0.305 e. The summed E-state index contributed by atoms with van der Waals surface area (Å²) in [5.41, 5.74) is -0.258. The topological polar surface area (TPSA) is 92.4 Å². The molecule has 6 nitrogen and oxygen atoms in total. The van der Waals surface area contributed by atoms with Crippen LogP contribution in [0.3, 0.4) is 0 Å². The van der Waals surface area contributed by atoms with Gasteiger partial charge in [-0.3, -0.25) is 9.59 Å². The van der Waals surface area contributed by atoms with Crippen LogP contribution in [0.1, 0.15) is 49.4 Å². The van der Waals surface area contributed by atoms with Crippen molar-refractivity contribution in [1.82, 2.24) is 10.3 Å². The second-order valence-electron chi connectivity index (χ2n) is 4.28. The highest BCUT2D eigenvalue weighted by molar-refractivity contribution is 5.93. The van der Waals surface area contributed by atoms with Gasteiger partial charge in [-0.15, -0.1) is 0 Å². The molecule has 1 rings (SSSR count). The zero-order valence-electron chi connectivity index (χ0n) is 10.8. The Bertz CT molecular complexity index is 435. The van der Waals surface area contributed by atoms with Gasteiger partial charge in [-0.25, -0.2) is 4.98 Å². The van der Waals surface area contributed by atoms with Crippen LogP contribution in [-0.4, -0.2) is 27.5 Å². The molecule has 2 N–H and O–H groups in total. The summed E-state index contributed by atoms with van der Waals surface area (Å²) in [5.74, 6) is -1.23. The molecule has 0 saturated heterocycles. The summed E-state index contributed by atoms with van der Waals surface area (Å²) < 4.78 is 5.00. The number of hydrogen-bond acceptors (Lipinski definition) is 4. The molecule has 0 aliphatic rings. The van der Waals surface area contributed by atoms with Crippen LogP contribution in [0.25, 0.3) is 0 Å². The van der Waals surface area contributed by atoms with Crippen LogP contribution in [-0.2, 0) is 4.79 Å². The molecular weight excluding hydrogens is 236 g/mol. The molecule has 6 heteroatoms. The van der Waals surface area contributed by atoms with Crippen LogP contribution in [0.5, 0.6) is 0 Å². The Kier molecular flexibility index (Phi) is 4.47. The first-order valence-corrected chi connectivity index (χ1v) is 5.88. The van der Waals surface area contributed by atoms with Crippen molar-refractivity contribution in [2.45, 2.75) is 45.6 Å². The highest BCUT2D eigenvalue weighted by Crippen LogP contribution is 2.21. The fraction of sp³-hybridized carbons (Fsp3) is 0.583. The fourth-order valence-electron chi connectivity index (χ4n) is 1.83. The Morgan fingerprint density at radius 3 is 2.44 bits per heavy atom. The molecule has 0 saturated carbocycles. The van der Waals surface area contributed by atoms with Crippen molar-refractivity contribution in [2.75, 3.05) is 0 Å². The average Bonchev–Trinajstić information content (AvgIpc) is 2.74. The van der Waals surface area contributed by atoms with Crippen LogP contribution in [0.15, 0.2) is 10.8 Å². The minimum Gasteiger partial charge on any atom is -0.481 e. The number of aryl methyl sites for hydroxylation is 1. The monoisotopic (exact) mass is 254 g/mol. The Balaban J connectivity index is 2.87. The van der Waals surface area contributed by atoms with E-state index in [-0.39, 0.29) is 12.2 Å². The SMILES string of the molecule is CCC(CC)(CC(=O)O)NC(=O)c1ocnc1C. The number of rotatable bonds is 6. The van der Waals surface area contributed by atoms with Crippen molar-refractivity contribution in [3.05, 3.63) is 17.8 Å². The maximum absolute atomic E-state index is 12.0. The zero-order valence-corrected chi connectivity index (χ0v) is 10.8. The van der Waals surface area contributed by atoms with Crippen LogP contribution < -0.4 is 5.32 Å². The second-order valence-corrected chi connectivity index (χ2v) is 4.28. The Hall–Kier alpha value is -1.85. The lowest BCUT2D eigenvalue weighted by molar-refractivity contribution is -0.138. The fourth-order valence-corrected chi connectivity index (χ4v) is 1.83. The highest BCUT2D eigenvalue weighted by Gasteiger charge is 2.32. The van der Waals surface area contributed by atoms with Gasteiger partial charge in [0.2, 0.25) is 5.76 Å². The molecular formula is C12H18N2O4. The van der Waals surface area contributed by atoms with Crippen molar-refractivity contribution in [1.29, 1.82) is 0 Å². The molecule has 1 aromatic heterocycles. The minimum atomic E-state index is -0.937. The molecule has 0 spiro atoms. The first-order chi connectivity index (χ1) is 8.44. The number of carboxylic acids is 1. The maximum Gasteiger partial charge on any atom is 0.305 e. The van der Waals surface area contributed by atoms with Gasteiger partial charge >= 0.3 is 5.97 Å². The summed E-state index contributed by atoms with van der Waals surface area (Å²) in [6.07, 6.45) is 2.16. The van der Waals surface area contributed by atoms with E-state index in [9.17, 15) is 9.59 Å². The number of hydrogen-bond donors (Lipinski definition) is 2. The number of nitrogens with zero attached hydrogens (tertiary/aromatic N) is 1. The number of carbonyl (C=O) groups excluding carboxylic acids is 1. The van der Waals surface area contributed by atoms with Crippen molar-refractivity contribution in [2.24, 2.45) is 0 Å². The summed E-state index contributed by atoms with van der Waals surface area (Å²) >= 11 is 0. The number of aliphatic carboxylic acids is 1. The van der Waals surface area contributed by atoms with Crippen molar-refractivity contribution < 1.29 is 19.1 Å². The van der Waals surface area contributed by atoms with E-state index < -0.39 is 17.4 Å². The predicted molar refractivity (Wildman–Crippen MR) is 64.3 cm³/mol. The molecule has 0 atom stereocenters. The first-order valence-electron chi connectivity index (χ1n) is 5.88. The van der Waals surface area contributed by atoms with Gasteiger partial charge in [-0.2, -0.15) is 0 Å². The summed E-state index contributed by atoms with van der Waals surface area (Å²) in [6.45, 7) is 5.36. The van der Waals surface area contributed by atoms with E-state index in [2.05, 4.69) is 10.3 Å². The van der Waals surface area contributed by atoms with Gasteiger partial charge in [0, 0.05) is 0 Å². The number of aromatic nitrogens is 1. The molecule has 18 heavy (non-hydrogen) atoms. The van der Waals surface area contributed by atoms with Crippen LogP contribution in [0.2, 0.25) is 0 Å². The molecule has 1 aromatic rings. The highest BCUT2D eigenvalue weighted by atomic mass is 16.4. The molecule has 0 fully saturated rings. The minimum absolute atomic E-state index is 0.112. The summed E-state index contributed by atoms with van der Waals surface area (Å²) in [5, 5.41) is 11.7. The first kappa shape index (κ1) is 14.2. The van der Waals surface area contributed by atoms with E-state index in [1.54, 1.807) is 6.92 Å². The van der Waals surface area contributed by atoms with Gasteiger partial charge in [0.25, 0.3) is 5.91 Å². The summed E-state index contributed by atoms with van der Waals surface area (Å²) in [4.78, 5) is 26.7. The second kappa shape index (κ2) is 5.66. The van der Waals surface area contributed by atoms with E-state index in [0.717, 1.165) is 0 Å². The molecule has 0 unspecified atom stereocenters. The third kappa shape index (κ3) is 3.09. The van der Waals surface area contributed by atoms with Crippen LogP contribution in [0.4, 0.5) is 0 Å². The maximum atomic E-state index is 12.0. The average molecular weight is 254 g/mol. The number of carboxylic acid groups (broad SMARTS) is 1. The van der Waals surface area contributed by atoms with Gasteiger partial charge in [0.1, 0.15) is 0 Å². The normalized spacial score (nSPS) is 11.3. The molecule has 0 radical (unpaired) electrons. The lowest BCUT2D eigenvalue weighted by Crippen LogP contribution is -2.49. The van der Waals surface area contributed by atoms with Crippen LogP contribution in [0, 0.1) is 6.92 Å². The van der Waals surface area contributed by atoms with Gasteiger partial charge in [-0.1, -0.05) is 13.8 Å². The van der Waals surface area contributed by atoms with Gasteiger partial charge < -0.3 is 14.8 Å². The van der Waals surface area contributed by atoms with Crippen molar-refractivity contribution >= 4 is 11.9 Å². The van der Waals surface area contributed by atoms with E-state index in [1.165, 1.54) is 6.39 Å². The number of carbonyl (C=O) groups is 2. The number of oxazole rings is 1. The summed E-state index contributed by atoms with van der Waals surface area (Å²) in [7, 11) is 0. The third-order valence-corrected chi connectivity index (χ3v) is 3.17. The molecule has 1 amide bonds. The van der Waals surface area contributed by atoms with E-state index >= 15 is 0 Å². The quantitative estimate of drug-likeness (QED) is 0.806. The summed E-state index contributed by atoms with van der Waals surface area (Å²) in [6, 6.07) is 0. The predicted octanol–water partition coefficient (Wildman–Crippen LogP) is 1.75. The third-order valence-electron chi connectivity index (χ3n) is 3.17. The number of amides is 1. The zero-order chi connectivity index (χ0) is 13.8. The molecule has 0 aromatic carbocycles. The molecule has 100 valence electrons. The standard InChI is InChI=1S/C12H18N2O4/c1-4-12(5-2,6-9(15)16)14-11(17)10-8(3)13-7-18-10/h7H,4-6H2,1-3H3,(H,14,17)(H,15,16). The largest absolute Gasteiger partial charge is 0.481 e. The van der Waals surface area contributed by atoms with E-state index in [1.807, 2.05) is 13.8 Å². The van der Waals surface area contributed by atoms with Gasteiger partial charge in [-0.05, 0) is 19.8 Å². The molecule has 0 aliphatic heterocycles. The Morgan fingerprint density at radius 2 is 2.06 bits per heavy atom. The van der Waals surface area contributed by atoms with E-state index in [0.29, 0.717) is 18.5 Å². The Morgan fingerprint density at radius 1 is 1.44 bits per heavy atom. The van der Waals surface area contributed by atoms with Crippen LogP contribution >= 0.6 is 0 Å². The molecule has 1 heterocycles. The van der Waals surface area contributed by atoms with E-state index in [4.69, 9.17) is 9.52 Å². The molecule has 0 bridgehead atoms. The van der Waals surface area contributed by atoms with Gasteiger partial charge in [0.15, 0.2) is 6.39 Å².